The molecule has 25 heavy (non-hydrogen) atoms. The van der Waals surface area contributed by atoms with Crippen molar-refractivity contribution in [2.75, 3.05) is 0 Å². The summed E-state index contributed by atoms with van der Waals surface area (Å²) >= 11 is 0. The first-order chi connectivity index (χ1) is 12.1. The summed E-state index contributed by atoms with van der Waals surface area (Å²) in [7, 11) is 0. The Bertz CT molecular complexity index is 846. The second-order valence-electron chi connectivity index (χ2n) is 5.74. The average Bonchev–Trinajstić information content (AvgIpc) is 2.63. The first kappa shape index (κ1) is 18.4. The molecule has 0 saturated carbocycles. The lowest BCUT2D eigenvalue weighted by atomic mass is 9.96. The Hall–Kier alpha value is -2.93. The molecule has 0 bridgehead atoms. The van der Waals surface area contributed by atoms with E-state index in [1.165, 1.54) is 16.7 Å². The van der Waals surface area contributed by atoms with Crippen molar-refractivity contribution in [3.63, 3.8) is 0 Å². The molecular weight excluding hydrogens is 302 g/mol. The normalized spacial score (nSPS) is 12.4. The molecule has 126 valence electrons. The third-order valence-electron chi connectivity index (χ3n) is 4.07. The molecule has 0 fully saturated rings. The van der Waals surface area contributed by atoms with Crippen LogP contribution in [0.1, 0.15) is 37.6 Å². The third kappa shape index (κ3) is 4.33. The van der Waals surface area contributed by atoms with Gasteiger partial charge in [0.1, 0.15) is 0 Å². The lowest BCUT2D eigenvalue weighted by Gasteiger charge is -2.10. The van der Waals surface area contributed by atoms with Gasteiger partial charge in [-0.2, -0.15) is 0 Å². The molecule has 2 rings (SSSR count). The molecule has 0 amide bonds. The molecule has 2 aromatic rings. The van der Waals surface area contributed by atoms with Gasteiger partial charge in [-0.15, -0.1) is 0 Å². The predicted octanol–water partition coefficient (Wildman–Crippen LogP) is 6.96. The molecule has 0 aliphatic rings. The summed E-state index contributed by atoms with van der Waals surface area (Å²) in [6.07, 6.45) is 11.8. The monoisotopic (exact) mass is 327 g/mol. The Balaban J connectivity index is 2.40. The van der Waals surface area contributed by atoms with E-state index in [9.17, 15) is 0 Å². The zero-order valence-corrected chi connectivity index (χ0v) is 15.3. The number of aromatic nitrogens is 1. The second kappa shape index (κ2) is 8.79. The van der Waals surface area contributed by atoms with Crippen LogP contribution in [0.3, 0.4) is 0 Å². The van der Waals surface area contributed by atoms with E-state index >= 15 is 0 Å². The van der Waals surface area contributed by atoms with Gasteiger partial charge in [-0.05, 0) is 55.2 Å². The maximum atomic E-state index is 4.77. The van der Waals surface area contributed by atoms with Gasteiger partial charge in [0.05, 0.1) is 11.4 Å². The Morgan fingerprint density at radius 1 is 1.00 bits per heavy atom. The van der Waals surface area contributed by atoms with Crippen molar-refractivity contribution >= 4 is 17.7 Å². The van der Waals surface area contributed by atoms with E-state index in [0.717, 1.165) is 22.5 Å². The summed E-state index contributed by atoms with van der Waals surface area (Å²) in [4.78, 5) is 4.77. The molecule has 0 spiro atoms. The van der Waals surface area contributed by atoms with E-state index in [1.54, 1.807) is 0 Å². The lowest BCUT2D eigenvalue weighted by molar-refractivity contribution is 1.28. The van der Waals surface area contributed by atoms with Crippen molar-refractivity contribution in [1.29, 1.82) is 0 Å². The van der Waals surface area contributed by atoms with Gasteiger partial charge < -0.3 is 0 Å². The maximum Gasteiger partial charge on any atom is 0.0709 e. The molecule has 0 aliphatic carbocycles. The van der Waals surface area contributed by atoms with E-state index in [2.05, 4.69) is 63.4 Å². The van der Waals surface area contributed by atoms with Crippen LogP contribution in [0.15, 0.2) is 79.4 Å². The third-order valence-corrected chi connectivity index (χ3v) is 4.07. The van der Waals surface area contributed by atoms with Crippen molar-refractivity contribution in [1.82, 2.24) is 4.98 Å². The van der Waals surface area contributed by atoms with Crippen LogP contribution in [0, 0.1) is 0 Å². The minimum Gasteiger partial charge on any atom is -0.248 e. The van der Waals surface area contributed by atoms with Crippen LogP contribution in [0.25, 0.3) is 29.0 Å². The molecule has 1 nitrogen and oxygen atoms in total. The summed E-state index contributed by atoms with van der Waals surface area (Å²) < 4.78 is 0. The quantitative estimate of drug-likeness (QED) is 0.522. The van der Waals surface area contributed by atoms with Crippen molar-refractivity contribution in [3.8, 4) is 11.3 Å². The summed E-state index contributed by atoms with van der Waals surface area (Å²) in [5.41, 5.74) is 7.66. The highest BCUT2D eigenvalue weighted by atomic mass is 14.7. The first-order valence-corrected chi connectivity index (χ1v) is 8.47. The van der Waals surface area contributed by atoms with Gasteiger partial charge in [-0.1, -0.05) is 73.9 Å². The molecule has 0 radical (unpaired) electrons. The predicted molar refractivity (Wildman–Crippen MR) is 112 cm³/mol. The number of hydrogen-bond donors (Lipinski definition) is 0. The molecule has 1 aromatic carbocycles. The zero-order valence-electron chi connectivity index (χ0n) is 15.3. The van der Waals surface area contributed by atoms with Crippen molar-refractivity contribution in [2.45, 2.75) is 20.8 Å². The number of allylic oxidation sites excluding steroid dienone is 6. The van der Waals surface area contributed by atoms with Crippen LogP contribution in [0.4, 0.5) is 0 Å². The smallest absolute Gasteiger partial charge is 0.0709 e. The fourth-order valence-electron chi connectivity index (χ4n) is 2.82. The van der Waals surface area contributed by atoms with Gasteiger partial charge in [0.25, 0.3) is 0 Å². The summed E-state index contributed by atoms with van der Waals surface area (Å²) in [5.74, 6) is 0. The number of benzene rings is 1. The first-order valence-electron chi connectivity index (χ1n) is 8.47. The van der Waals surface area contributed by atoms with Gasteiger partial charge >= 0.3 is 0 Å². The second-order valence-corrected chi connectivity index (χ2v) is 5.74. The van der Waals surface area contributed by atoms with Crippen molar-refractivity contribution in [3.05, 3.63) is 96.3 Å². The fourth-order valence-corrected chi connectivity index (χ4v) is 2.82. The largest absolute Gasteiger partial charge is 0.248 e. The minimum atomic E-state index is 0.943. The standard InChI is InChI=1S/C24H25N/c1-6-10-18(5)22(9-4)20-12-14-21(15-13-20)24-17-16-19(8-3)23(25-24)11-7-2/h6-17H,1,3H2,2,4-5H3/b11-7-,18-10+,22-9+. The number of pyridine rings is 1. The van der Waals surface area contributed by atoms with Gasteiger partial charge in [-0.25, -0.2) is 4.98 Å². The molecular formula is C24H25N. The molecule has 0 N–H and O–H groups in total. The van der Waals surface area contributed by atoms with E-state index in [1.807, 2.05) is 43.4 Å². The summed E-state index contributed by atoms with van der Waals surface area (Å²) in [6.45, 7) is 13.8. The Kier molecular flexibility index (Phi) is 6.47. The van der Waals surface area contributed by atoms with Gasteiger partial charge in [0, 0.05) is 5.56 Å². The Morgan fingerprint density at radius 3 is 2.28 bits per heavy atom. The van der Waals surface area contributed by atoms with E-state index < -0.39 is 0 Å². The number of nitrogens with zero attached hydrogens (tertiary/aromatic N) is 1. The highest BCUT2D eigenvalue weighted by molar-refractivity contribution is 5.80. The highest BCUT2D eigenvalue weighted by Crippen LogP contribution is 2.26. The maximum absolute atomic E-state index is 4.77. The zero-order chi connectivity index (χ0) is 18.2. The lowest BCUT2D eigenvalue weighted by Crippen LogP contribution is -1.92. The fraction of sp³-hybridized carbons (Fsp3) is 0.125. The van der Waals surface area contributed by atoms with Crippen LogP contribution in [0.5, 0.6) is 0 Å². The SMILES string of the molecule is C=C/C=C(C)/C(=C\C)c1ccc(-c2ccc(C=C)c(/C=C\C)n2)cc1. The van der Waals surface area contributed by atoms with Crippen LogP contribution in [-0.4, -0.2) is 4.98 Å². The summed E-state index contributed by atoms with van der Waals surface area (Å²) in [6, 6.07) is 12.6. The topological polar surface area (TPSA) is 12.9 Å². The van der Waals surface area contributed by atoms with Crippen LogP contribution >= 0.6 is 0 Å². The van der Waals surface area contributed by atoms with Crippen molar-refractivity contribution < 1.29 is 0 Å². The van der Waals surface area contributed by atoms with E-state index in [-0.39, 0.29) is 0 Å². The molecule has 0 aliphatic heterocycles. The highest BCUT2D eigenvalue weighted by Gasteiger charge is 2.06. The molecule has 0 atom stereocenters. The summed E-state index contributed by atoms with van der Waals surface area (Å²) in [5, 5.41) is 0. The van der Waals surface area contributed by atoms with Crippen LogP contribution in [0.2, 0.25) is 0 Å². The van der Waals surface area contributed by atoms with E-state index in [4.69, 9.17) is 4.98 Å². The van der Waals surface area contributed by atoms with Crippen LogP contribution in [-0.2, 0) is 0 Å². The molecule has 0 unspecified atom stereocenters. The van der Waals surface area contributed by atoms with Crippen LogP contribution < -0.4 is 0 Å². The van der Waals surface area contributed by atoms with Gasteiger partial charge in [0.2, 0.25) is 0 Å². The van der Waals surface area contributed by atoms with Crippen molar-refractivity contribution in [2.24, 2.45) is 0 Å². The van der Waals surface area contributed by atoms with Gasteiger partial charge in [0.15, 0.2) is 0 Å². The van der Waals surface area contributed by atoms with E-state index in [0.29, 0.717) is 0 Å². The number of hydrogen-bond acceptors (Lipinski definition) is 1. The Labute approximate surface area is 151 Å². The molecule has 1 heterocycles. The molecule has 1 aromatic heterocycles. The average molecular weight is 327 g/mol. The molecule has 0 saturated heterocycles. The van der Waals surface area contributed by atoms with Gasteiger partial charge in [-0.3, -0.25) is 0 Å². The minimum absolute atomic E-state index is 0.943. The molecule has 1 heteroatoms. The number of rotatable bonds is 6. The Morgan fingerprint density at radius 2 is 1.72 bits per heavy atom.